The number of hydrogen-bond donors (Lipinski definition) is 0. The zero-order valence-electron chi connectivity index (χ0n) is 34.8. The van der Waals surface area contributed by atoms with Crippen molar-refractivity contribution in [1.29, 1.82) is 0 Å². The van der Waals surface area contributed by atoms with Crippen LogP contribution in [0.3, 0.4) is 0 Å². The number of benzene rings is 2. The minimum atomic E-state index is -0.302. The van der Waals surface area contributed by atoms with E-state index < -0.39 is 0 Å². The summed E-state index contributed by atoms with van der Waals surface area (Å²) < 4.78 is 13.5. The summed E-state index contributed by atoms with van der Waals surface area (Å²) >= 11 is 24.1. The molecular weight excluding hydrogens is 869 g/mol. The molecule has 7 rings (SSSR count). The van der Waals surface area contributed by atoms with E-state index in [1.165, 1.54) is 0 Å². The smallest absolute Gasteiger partial charge is 1.00 e. The maximum Gasteiger partial charge on any atom is 1.00 e. The van der Waals surface area contributed by atoms with Crippen LogP contribution in [0.25, 0.3) is 32.1 Å². The number of hydrogen-bond acceptors (Lipinski definition) is 10. The number of carbonyl (C=O) groups is 1. The van der Waals surface area contributed by atoms with E-state index in [2.05, 4.69) is 43.1 Å². The van der Waals surface area contributed by atoms with Crippen molar-refractivity contribution in [2.75, 3.05) is 0 Å². The van der Waals surface area contributed by atoms with Gasteiger partial charge in [0.25, 0.3) is 6.47 Å². The molecule has 0 aliphatic carbocycles. The Balaban J connectivity index is 0.000000742. The fraction of sp³-hybridized carbons (Fsp3) is 0.342. The van der Waals surface area contributed by atoms with Crippen LogP contribution in [0, 0.1) is 27.7 Å². The summed E-state index contributed by atoms with van der Waals surface area (Å²) in [6.45, 7) is 17.7. The number of pyridine rings is 2. The monoisotopic (exact) mass is 911 g/mol. The van der Waals surface area contributed by atoms with Crippen LogP contribution in [0.5, 0.6) is 0 Å². The molecular formula is C38H44BCl4K2N5O5S. The Bertz CT molecular complexity index is 2160. The van der Waals surface area contributed by atoms with Crippen molar-refractivity contribution in [3.63, 3.8) is 0 Å². The fourth-order valence-corrected chi connectivity index (χ4v) is 6.04. The molecule has 0 N–H and O–H groups in total. The number of fused-ring (bicyclic) bond motifs is 2. The SMILES string of the molecule is CC(Cl)Cl.Cc1cc2ccc(C)c(Cl)c2cn1.Cc1ncc(-c2cc3ccc(C)c(Cl)c3cn2)s1.Cn1cc(B2OC(C)(C)C(C)(C)O2)cn1.O=CO[O-].[H-].[K+].[K+]. The van der Waals surface area contributed by atoms with Gasteiger partial charge in [-0.3, -0.25) is 19.4 Å². The molecule has 1 aliphatic rings. The van der Waals surface area contributed by atoms with Crippen LogP contribution >= 0.6 is 57.7 Å². The molecule has 4 aromatic heterocycles. The van der Waals surface area contributed by atoms with Gasteiger partial charge >= 0.3 is 110 Å². The number of alkyl halides is 2. The summed E-state index contributed by atoms with van der Waals surface area (Å²) in [7, 11) is 1.58. The Hall–Kier alpha value is -0.0523. The van der Waals surface area contributed by atoms with E-state index in [4.69, 9.17) is 65.8 Å². The van der Waals surface area contributed by atoms with Crippen molar-refractivity contribution >= 4 is 98.3 Å². The molecule has 10 nitrogen and oxygen atoms in total. The minimum absolute atomic E-state index is 0. The standard InChI is InChI=1S/C14H11ClN2S.C11H10ClN.C10H17BN2O2.C2H4Cl2.CH2O3.2K.H/c1-8-3-4-10-5-12(13-7-16-9(2)18-13)17-6-11(10)14(8)15;1-7-3-4-9-5-8(2)13-6-10(9)11(7)12;1-9(2)10(3,4)15-11(14-9)8-6-12-13(5)7-8;1-2(3)4;2-1-4-3;;;/h3-7H,1-2H3;3-6H,1-2H3;6-7H,1-5H3;2H,1H3;1,3H;;;/q;;;;;2*+1;-1/p-1. The van der Waals surface area contributed by atoms with E-state index in [1.807, 2.05) is 105 Å². The van der Waals surface area contributed by atoms with Gasteiger partial charge in [0.15, 0.2) is 0 Å². The number of halogens is 4. The fourth-order valence-electron chi connectivity index (χ4n) is 4.85. The maximum absolute atomic E-state index is 8.64. The molecule has 2 aromatic carbocycles. The Morgan fingerprint density at radius 2 is 1.34 bits per heavy atom. The number of aromatic nitrogens is 5. The van der Waals surface area contributed by atoms with Gasteiger partial charge in [0.2, 0.25) is 0 Å². The molecule has 0 unspecified atom stereocenters. The van der Waals surface area contributed by atoms with Gasteiger partial charge in [-0.05, 0) is 96.3 Å². The Labute approximate surface area is 440 Å². The van der Waals surface area contributed by atoms with E-state index in [0.717, 1.165) is 69.5 Å². The Kier molecular flexibility index (Phi) is 24.1. The number of rotatable bonds is 3. The third-order valence-electron chi connectivity index (χ3n) is 8.36. The molecule has 0 atom stereocenters. The largest absolute Gasteiger partial charge is 1.00 e. The molecule has 290 valence electrons. The van der Waals surface area contributed by atoms with Crippen molar-refractivity contribution in [3.05, 3.63) is 99.3 Å². The molecule has 0 bridgehead atoms. The van der Waals surface area contributed by atoms with Crippen LogP contribution in [0.2, 0.25) is 10.0 Å². The van der Waals surface area contributed by atoms with Crippen LogP contribution in [0.4, 0.5) is 0 Å². The predicted octanol–water partition coefficient (Wildman–Crippen LogP) is 3.22. The first-order valence-corrected chi connectivity index (χ1v) is 19.1. The number of carbonyl (C=O) groups excluding carboxylic acids is 1. The molecule has 0 radical (unpaired) electrons. The van der Waals surface area contributed by atoms with E-state index in [1.54, 1.807) is 29.1 Å². The molecule has 1 aliphatic heterocycles. The third-order valence-corrected chi connectivity index (χ3v) is 10.3. The summed E-state index contributed by atoms with van der Waals surface area (Å²) in [4.78, 5) is 25.1. The molecule has 1 saturated heterocycles. The molecule has 18 heteroatoms. The van der Waals surface area contributed by atoms with Crippen molar-refractivity contribution in [2.24, 2.45) is 7.05 Å². The van der Waals surface area contributed by atoms with Gasteiger partial charge < -0.3 is 20.9 Å². The zero-order chi connectivity index (χ0) is 40.4. The van der Waals surface area contributed by atoms with Crippen LogP contribution in [0.1, 0.15) is 57.9 Å². The first-order chi connectivity index (χ1) is 25.3. The first-order valence-electron chi connectivity index (χ1n) is 16.6. The van der Waals surface area contributed by atoms with Gasteiger partial charge in [-0.1, -0.05) is 47.5 Å². The molecule has 6 aromatic rings. The van der Waals surface area contributed by atoms with Crippen LogP contribution in [-0.4, -0.2) is 54.4 Å². The van der Waals surface area contributed by atoms with Crippen molar-refractivity contribution < 1.29 is 128 Å². The van der Waals surface area contributed by atoms with E-state index in [-0.39, 0.29) is 134 Å². The molecule has 0 saturated carbocycles. The van der Waals surface area contributed by atoms with E-state index >= 15 is 0 Å². The summed E-state index contributed by atoms with van der Waals surface area (Å²) in [5.74, 6) is 0. The normalized spacial score (nSPS) is 13.3. The second-order valence-electron chi connectivity index (χ2n) is 13.2. The average molecular weight is 914 g/mol. The molecule has 0 amide bonds. The average Bonchev–Trinajstić information content (AvgIpc) is 3.81. The van der Waals surface area contributed by atoms with Gasteiger partial charge in [0, 0.05) is 60.0 Å². The van der Waals surface area contributed by atoms with Gasteiger partial charge in [0.05, 0.1) is 36.8 Å². The summed E-state index contributed by atoms with van der Waals surface area (Å²) in [6.07, 6.45) is 9.24. The topological polar surface area (TPSA) is 124 Å². The summed E-state index contributed by atoms with van der Waals surface area (Å²) in [6, 6.07) is 12.3. The third kappa shape index (κ3) is 15.8. The van der Waals surface area contributed by atoms with Crippen molar-refractivity contribution in [3.8, 4) is 10.6 Å². The van der Waals surface area contributed by atoms with Gasteiger partial charge in [0.1, 0.15) is 4.84 Å². The van der Waals surface area contributed by atoms with Crippen LogP contribution in [0.15, 0.2) is 67.4 Å². The van der Waals surface area contributed by atoms with Crippen LogP contribution in [-0.2, 0) is 26.0 Å². The van der Waals surface area contributed by atoms with Crippen molar-refractivity contribution in [2.45, 2.75) is 78.4 Å². The van der Waals surface area contributed by atoms with Gasteiger partial charge in [-0.25, -0.2) is 4.98 Å². The zero-order valence-corrected chi connectivity index (χ0v) is 43.9. The Morgan fingerprint density at radius 3 is 1.77 bits per heavy atom. The summed E-state index contributed by atoms with van der Waals surface area (Å²) in [5.41, 5.74) is 4.55. The van der Waals surface area contributed by atoms with Gasteiger partial charge in [-0.15, -0.1) is 34.5 Å². The molecule has 5 heterocycles. The number of nitrogens with zero attached hydrogens (tertiary/aromatic N) is 5. The first kappa shape index (κ1) is 54.0. The summed E-state index contributed by atoms with van der Waals surface area (Å²) in [5, 5.41) is 19.5. The molecule has 1 fully saturated rings. The quantitative estimate of drug-likeness (QED) is 0.0867. The predicted molar refractivity (Wildman–Crippen MR) is 222 cm³/mol. The molecule has 56 heavy (non-hydrogen) atoms. The number of thiazole rings is 1. The van der Waals surface area contributed by atoms with E-state index in [9.17, 15) is 0 Å². The second-order valence-corrected chi connectivity index (χ2v) is 16.7. The van der Waals surface area contributed by atoms with E-state index in [0.29, 0.717) is 0 Å². The maximum atomic E-state index is 8.64. The van der Waals surface area contributed by atoms with Gasteiger partial charge in [-0.2, -0.15) is 5.10 Å². The minimum Gasteiger partial charge on any atom is -1.00 e. The molecule has 0 spiro atoms. The second kappa shape index (κ2) is 25.0. The number of aryl methyl sites for hydroxylation is 5. The Morgan fingerprint density at radius 1 is 0.857 bits per heavy atom. The van der Waals surface area contributed by atoms with Crippen LogP contribution < -0.4 is 113 Å². The van der Waals surface area contributed by atoms with Crippen molar-refractivity contribution in [1.82, 2.24) is 24.7 Å².